The molecule has 0 aliphatic carbocycles. The van der Waals surface area contributed by atoms with Crippen LogP contribution in [0.3, 0.4) is 0 Å². The maximum atomic E-state index is 12.9. The van der Waals surface area contributed by atoms with E-state index in [0.717, 1.165) is 34.3 Å². The molecule has 1 N–H and O–H groups in total. The minimum Gasteiger partial charge on any atom is -0.481 e. The number of carboxylic acids is 1. The Balaban J connectivity index is 1.70. The molecule has 3 aromatic rings. The third-order valence-electron chi connectivity index (χ3n) is 5.63. The number of carboxylic acid groups (broad SMARTS) is 1. The number of benzene rings is 2. The van der Waals surface area contributed by atoms with Gasteiger partial charge < -0.3 is 10.0 Å². The van der Waals surface area contributed by atoms with Gasteiger partial charge in [-0.05, 0) is 36.8 Å². The second-order valence-electron chi connectivity index (χ2n) is 7.34. The Morgan fingerprint density at radius 2 is 1.79 bits per heavy atom. The lowest BCUT2D eigenvalue weighted by Crippen LogP contribution is -2.23. The van der Waals surface area contributed by atoms with Crippen LogP contribution in [0.4, 0.5) is 18.9 Å². The van der Waals surface area contributed by atoms with Crippen molar-refractivity contribution in [2.45, 2.75) is 19.0 Å². The van der Waals surface area contributed by atoms with Crippen LogP contribution in [0.15, 0.2) is 54.7 Å². The summed E-state index contributed by atoms with van der Waals surface area (Å²) >= 11 is 0. The SMILES string of the molecule is Cc1nccc2c(N3C[C@H](C(=O)O)[C@@H](c4ccc(C(F)(F)F)cc4)C3)cccc12. The van der Waals surface area contributed by atoms with E-state index < -0.39 is 29.5 Å². The summed E-state index contributed by atoms with van der Waals surface area (Å²) in [7, 11) is 0. The van der Waals surface area contributed by atoms with Gasteiger partial charge in [0.05, 0.1) is 11.5 Å². The standard InChI is InChI=1S/C22H19F3N2O2/c1-13-16-3-2-4-20(17(16)9-10-26-13)27-11-18(19(12-27)21(28)29)14-5-7-15(8-6-14)22(23,24)25/h2-10,18-19H,11-12H2,1H3,(H,28,29)/t18-,19+/m1/s1. The van der Waals surface area contributed by atoms with Gasteiger partial charge in [0.2, 0.25) is 0 Å². The van der Waals surface area contributed by atoms with Crippen LogP contribution >= 0.6 is 0 Å². The van der Waals surface area contributed by atoms with Gasteiger partial charge in [-0.15, -0.1) is 0 Å². The molecule has 4 rings (SSSR count). The number of aliphatic carboxylic acids is 1. The quantitative estimate of drug-likeness (QED) is 0.682. The molecule has 0 radical (unpaired) electrons. The van der Waals surface area contributed by atoms with Crippen molar-refractivity contribution in [3.8, 4) is 0 Å². The Labute approximate surface area is 165 Å². The van der Waals surface area contributed by atoms with Gasteiger partial charge >= 0.3 is 12.1 Å². The Morgan fingerprint density at radius 3 is 2.45 bits per heavy atom. The fourth-order valence-corrected chi connectivity index (χ4v) is 4.12. The summed E-state index contributed by atoms with van der Waals surface area (Å²) in [6.07, 6.45) is -2.69. The van der Waals surface area contributed by atoms with E-state index in [-0.39, 0.29) is 0 Å². The molecule has 0 unspecified atom stereocenters. The van der Waals surface area contributed by atoms with Crippen LogP contribution in [0.25, 0.3) is 10.8 Å². The molecular formula is C22H19F3N2O2. The average molecular weight is 400 g/mol. The van der Waals surface area contributed by atoms with Gasteiger partial charge in [-0.2, -0.15) is 13.2 Å². The zero-order valence-corrected chi connectivity index (χ0v) is 15.6. The Hall–Kier alpha value is -3.09. The maximum Gasteiger partial charge on any atom is 0.416 e. The van der Waals surface area contributed by atoms with Crippen molar-refractivity contribution in [1.29, 1.82) is 0 Å². The highest BCUT2D eigenvalue weighted by atomic mass is 19.4. The Kier molecular flexibility index (Phi) is 4.68. The highest BCUT2D eigenvalue weighted by Gasteiger charge is 2.39. The summed E-state index contributed by atoms with van der Waals surface area (Å²) in [6.45, 7) is 2.63. The van der Waals surface area contributed by atoms with Crippen LogP contribution in [0, 0.1) is 12.8 Å². The summed E-state index contributed by atoms with van der Waals surface area (Å²) in [5.41, 5.74) is 1.66. The van der Waals surface area contributed by atoms with Crippen LogP contribution < -0.4 is 4.90 Å². The van der Waals surface area contributed by atoms with Gasteiger partial charge in [0.1, 0.15) is 0 Å². The first-order valence-corrected chi connectivity index (χ1v) is 9.25. The zero-order chi connectivity index (χ0) is 20.8. The van der Waals surface area contributed by atoms with E-state index in [9.17, 15) is 23.1 Å². The van der Waals surface area contributed by atoms with Crippen molar-refractivity contribution < 1.29 is 23.1 Å². The van der Waals surface area contributed by atoms with E-state index in [2.05, 4.69) is 4.98 Å². The highest BCUT2D eigenvalue weighted by Crippen LogP contribution is 2.39. The topological polar surface area (TPSA) is 53.4 Å². The molecule has 0 saturated carbocycles. The lowest BCUT2D eigenvalue weighted by Gasteiger charge is -2.21. The molecule has 2 aromatic carbocycles. The fourth-order valence-electron chi connectivity index (χ4n) is 4.12. The second kappa shape index (κ2) is 7.06. The normalized spacial score (nSPS) is 19.7. The minimum absolute atomic E-state index is 0.293. The van der Waals surface area contributed by atoms with Gasteiger partial charge in [0, 0.05) is 47.4 Å². The molecule has 1 aromatic heterocycles. The van der Waals surface area contributed by atoms with Crippen LogP contribution in [-0.2, 0) is 11.0 Å². The largest absolute Gasteiger partial charge is 0.481 e. The average Bonchev–Trinajstić information content (AvgIpc) is 3.13. The summed E-state index contributed by atoms with van der Waals surface area (Å²) in [4.78, 5) is 18.2. The van der Waals surface area contributed by atoms with E-state index in [1.54, 1.807) is 6.20 Å². The highest BCUT2D eigenvalue weighted by molar-refractivity contribution is 5.95. The molecule has 4 nitrogen and oxygen atoms in total. The second-order valence-corrected chi connectivity index (χ2v) is 7.34. The summed E-state index contributed by atoms with van der Waals surface area (Å²) in [6, 6.07) is 12.5. The van der Waals surface area contributed by atoms with E-state index >= 15 is 0 Å². The van der Waals surface area contributed by atoms with Gasteiger partial charge in [0.25, 0.3) is 0 Å². The van der Waals surface area contributed by atoms with Crippen LogP contribution in [0.5, 0.6) is 0 Å². The predicted octanol–water partition coefficient (Wildman–Crippen LogP) is 4.87. The first-order valence-electron chi connectivity index (χ1n) is 9.25. The number of fused-ring (bicyclic) bond motifs is 1. The van der Waals surface area contributed by atoms with E-state index in [0.29, 0.717) is 18.7 Å². The van der Waals surface area contributed by atoms with Crippen LogP contribution in [-0.4, -0.2) is 29.1 Å². The van der Waals surface area contributed by atoms with Gasteiger partial charge in [0.15, 0.2) is 0 Å². The van der Waals surface area contributed by atoms with Crippen molar-refractivity contribution in [2.75, 3.05) is 18.0 Å². The van der Waals surface area contributed by atoms with E-state index in [1.165, 1.54) is 12.1 Å². The predicted molar refractivity (Wildman–Crippen MR) is 104 cm³/mol. The van der Waals surface area contributed by atoms with Crippen molar-refractivity contribution in [2.24, 2.45) is 5.92 Å². The lowest BCUT2D eigenvalue weighted by atomic mass is 9.88. The molecule has 7 heteroatoms. The smallest absolute Gasteiger partial charge is 0.416 e. The summed E-state index contributed by atoms with van der Waals surface area (Å²) in [5.74, 6) is -2.05. The summed E-state index contributed by atoms with van der Waals surface area (Å²) < 4.78 is 38.6. The van der Waals surface area contributed by atoms with Crippen molar-refractivity contribution in [1.82, 2.24) is 4.98 Å². The molecule has 0 bridgehead atoms. The molecule has 1 fully saturated rings. The number of alkyl halides is 3. The number of halogens is 3. The number of hydrogen-bond donors (Lipinski definition) is 1. The Morgan fingerprint density at radius 1 is 1.07 bits per heavy atom. The third kappa shape index (κ3) is 3.52. The molecule has 150 valence electrons. The van der Waals surface area contributed by atoms with E-state index in [4.69, 9.17) is 0 Å². The van der Waals surface area contributed by atoms with Gasteiger partial charge in [-0.25, -0.2) is 0 Å². The monoisotopic (exact) mass is 400 g/mol. The first kappa shape index (κ1) is 19.2. The lowest BCUT2D eigenvalue weighted by molar-refractivity contribution is -0.141. The molecule has 1 saturated heterocycles. The zero-order valence-electron chi connectivity index (χ0n) is 15.6. The van der Waals surface area contributed by atoms with Crippen molar-refractivity contribution in [3.05, 3.63) is 71.5 Å². The third-order valence-corrected chi connectivity index (χ3v) is 5.63. The Bertz CT molecular complexity index is 1060. The molecule has 1 aliphatic rings. The number of hydrogen-bond acceptors (Lipinski definition) is 3. The summed E-state index contributed by atoms with van der Waals surface area (Å²) in [5, 5.41) is 11.7. The van der Waals surface area contributed by atoms with Crippen molar-refractivity contribution in [3.63, 3.8) is 0 Å². The molecule has 1 aliphatic heterocycles. The number of anilines is 1. The van der Waals surface area contributed by atoms with Crippen molar-refractivity contribution >= 4 is 22.4 Å². The fraction of sp³-hybridized carbons (Fsp3) is 0.273. The molecule has 2 atom stereocenters. The number of nitrogens with zero attached hydrogens (tertiary/aromatic N) is 2. The molecule has 0 spiro atoms. The number of rotatable bonds is 3. The molecular weight excluding hydrogens is 381 g/mol. The molecule has 2 heterocycles. The number of aryl methyl sites for hydroxylation is 1. The van der Waals surface area contributed by atoms with Gasteiger partial charge in [-0.1, -0.05) is 24.3 Å². The minimum atomic E-state index is -4.42. The van der Waals surface area contributed by atoms with Gasteiger partial charge in [-0.3, -0.25) is 9.78 Å². The maximum absolute atomic E-state index is 12.9. The van der Waals surface area contributed by atoms with Crippen LogP contribution in [0.2, 0.25) is 0 Å². The molecule has 29 heavy (non-hydrogen) atoms. The van der Waals surface area contributed by atoms with Crippen LogP contribution in [0.1, 0.15) is 22.7 Å². The number of aromatic nitrogens is 1. The molecule has 0 amide bonds. The van der Waals surface area contributed by atoms with E-state index in [1.807, 2.05) is 36.1 Å². The first-order chi connectivity index (χ1) is 13.8. The number of pyridine rings is 1. The number of carbonyl (C=O) groups is 1.